The molecular formula is C16H15BrCl2. The molecule has 0 heterocycles. The quantitative estimate of drug-likeness (QED) is 0.539. The van der Waals surface area contributed by atoms with E-state index in [0.717, 1.165) is 34.9 Å². The van der Waals surface area contributed by atoms with Crippen molar-refractivity contribution in [1.29, 1.82) is 0 Å². The molecule has 0 spiro atoms. The third-order valence-electron chi connectivity index (χ3n) is 3.07. The van der Waals surface area contributed by atoms with Gasteiger partial charge in [-0.1, -0.05) is 69.5 Å². The van der Waals surface area contributed by atoms with Gasteiger partial charge in [0.1, 0.15) is 0 Å². The Hall–Kier alpha value is -0.500. The zero-order chi connectivity index (χ0) is 13.7. The van der Waals surface area contributed by atoms with Crippen molar-refractivity contribution in [2.75, 3.05) is 0 Å². The smallest absolute Gasteiger partial charge is 0.0439 e. The zero-order valence-electron chi connectivity index (χ0n) is 10.5. The van der Waals surface area contributed by atoms with Gasteiger partial charge in [0.15, 0.2) is 0 Å². The molecule has 0 amide bonds. The van der Waals surface area contributed by atoms with E-state index in [-0.39, 0.29) is 0 Å². The molecule has 1 unspecified atom stereocenters. The van der Waals surface area contributed by atoms with E-state index < -0.39 is 0 Å². The highest BCUT2D eigenvalue weighted by atomic mass is 79.9. The van der Waals surface area contributed by atoms with Crippen molar-refractivity contribution in [2.24, 2.45) is 0 Å². The third kappa shape index (κ3) is 4.52. The SMILES string of the molecule is Clc1ccc(Cl)c(CCCC(Br)c2ccccc2)c1. The van der Waals surface area contributed by atoms with Gasteiger partial charge in [-0.2, -0.15) is 0 Å². The number of rotatable bonds is 5. The summed E-state index contributed by atoms with van der Waals surface area (Å²) in [5.74, 6) is 0. The minimum Gasteiger partial charge on any atom is -0.0843 e. The van der Waals surface area contributed by atoms with Crippen LogP contribution in [0.25, 0.3) is 0 Å². The van der Waals surface area contributed by atoms with Crippen LogP contribution in [0, 0.1) is 0 Å². The van der Waals surface area contributed by atoms with Crippen molar-refractivity contribution in [3.05, 3.63) is 69.7 Å². The van der Waals surface area contributed by atoms with Gasteiger partial charge in [0.25, 0.3) is 0 Å². The molecule has 2 aromatic carbocycles. The van der Waals surface area contributed by atoms with E-state index in [1.54, 1.807) is 0 Å². The first-order valence-corrected chi connectivity index (χ1v) is 7.97. The summed E-state index contributed by atoms with van der Waals surface area (Å²) < 4.78 is 0. The van der Waals surface area contributed by atoms with E-state index >= 15 is 0 Å². The summed E-state index contributed by atoms with van der Waals surface area (Å²) in [6, 6.07) is 16.1. The summed E-state index contributed by atoms with van der Waals surface area (Å²) in [6.07, 6.45) is 3.10. The number of halogens is 3. The van der Waals surface area contributed by atoms with Crippen molar-refractivity contribution in [2.45, 2.75) is 24.1 Å². The zero-order valence-corrected chi connectivity index (χ0v) is 13.5. The molecule has 0 nitrogen and oxygen atoms in total. The first-order valence-electron chi connectivity index (χ1n) is 6.30. The fourth-order valence-corrected chi connectivity index (χ4v) is 3.07. The lowest BCUT2D eigenvalue weighted by Gasteiger charge is -2.10. The van der Waals surface area contributed by atoms with E-state index in [0.29, 0.717) is 4.83 Å². The predicted octanol–water partition coefficient (Wildman–Crippen LogP) is 6.45. The molecule has 0 aromatic heterocycles. The third-order valence-corrected chi connectivity index (χ3v) is 4.66. The first kappa shape index (κ1) is 14.9. The van der Waals surface area contributed by atoms with Gasteiger partial charge < -0.3 is 0 Å². The highest BCUT2D eigenvalue weighted by molar-refractivity contribution is 9.09. The minimum absolute atomic E-state index is 0.395. The van der Waals surface area contributed by atoms with Crippen molar-refractivity contribution < 1.29 is 0 Å². The molecule has 2 rings (SSSR count). The fraction of sp³-hybridized carbons (Fsp3) is 0.250. The van der Waals surface area contributed by atoms with Crippen molar-refractivity contribution in [3.63, 3.8) is 0 Å². The molecule has 0 bridgehead atoms. The average Bonchev–Trinajstić information content (AvgIpc) is 2.43. The van der Waals surface area contributed by atoms with Gasteiger partial charge in [-0.25, -0.2) is 0 Å². The fourth-order valence-electron chi connectivity index (χ4n) is 2.04. The Balaban J connectivity index is 1.88. The van der Waals surface area contributed by atoms with Crippen LogP contribution in [0.3, 0.4) is 0 Å². The maximum atomic E-state index is 6.16. The van der Waals surface area contributed by atoms with Crippen molar-refractivity contribution in [3.8, 4) is 0 Å². The summed E-state index contributed by atoms with van der Waals surface area (Å²) in [6.45, 7) is 0. The van der Waals surface area contributed by atoms with E-state index in [4.69, 9.17) is 23.2 Å². The minimum atomic E-state index is 0.395. The molecule has 0 fully saturated rings. The number of benzene rings is 2. The van der Waals surface area contributed by atoms with Gasteiger partial charge in [-0.05, 0) is 48.6 Å². The van der Waals surface area contributed by atoms with Crippen LogP contribution in [0.15, 0.2) is 48.5 Å². The molecule has 0 saturated heterocycles. The maximum absolute atomic E-state index is 6.16. The Morgan fingerprint density at radius 2 is 1.74 bits per heavy atom. The van der Waals surface area contributed by atoms with E-state index in [1.165, 1.54) is 5.56 Å². The average molecular weight is 358 g/mol. The molecule has 3 heteroatoms. The van der Waals surface area contributed by atoms with Gasteiger partial charge in [0.05, 0.1) is 0 Å². The largest absolute Gasteiger partial charge is 0.0843 e. The lowest BCUT2D eigenvalue weighted by atomic mass is 10.0. The molecule has 0 aliphatic heterocycles. The van der Waals surface area contributed by atoms with E-state index in [1.807, 2.05) is 24.3 Å². The number of hydrogen-bond acceptors (Lipinski definition) is 0. The summed E-state index contributed by atoms with van der Waals surface area (Å²) in [5.41, 5.74) is 2.45. The number of hydrogen-bond donors (Lipinski definition) is 0. The van der Waals surface area contributed by atoms with Crippen LogP contribution in [0.1, 0.15) is 28.8 Å². The van der Waals surface area contributed by atoms with Crippen LogP contribution < -0.4 is 0 Å². The van der Waals surface area contributed by atoms with Crippen LogP contribution in [-0.4, -0.2) is 0 Å². The molecule has 0 aliphatic rings. The second-order valence-electron chi connectivity index (χ2n) is 4.51. The van der Waals surface area contributed by atoms with Crippen LogP contribution in [-0.2, 0) is 6.42 Å². The number of aryl methyl sites for hydroxylation is 1. The van der Waals surface area contributed by atoms with Crippen LogP contribution in [0.2, 0.25) is 10.0 Å². The molecular weight excluding hydrogens is 343 g/mol. The topological polar surface area (TPSA) is 0 Å². The second kappa shape index (κ2) is 7.33. The Labute approximate surface area is 132 Å². The summed E-state index contributed by atoms with van der Waals surface area (Å²) in [5, 5.41) is 1.55. The lowest BCUT2D eigenvalue weighted by molar-refractivity contribution is 0.730. The Morgan fingerprint density at radius 1 is 1.00 bits per heavy atom. The number of alkyl halides is 1. The van der Waals surface area contributed by atoms with Gasteiger partial charge in [0.2, 0.25) is 0 Å². The molecule has 0 saturated carbocycles. The van der Waals surface area contributed by atoms with Gasteiger partial charge in [-0.3, -0.25) is 0 Å². The molecule has 19 heavy (non-hydrogen) atoms. The van der Waals surface area contributed by atoms with Crippen LogP contribution >= 0.6 is 39.1 Å². The Kier molecular flexibility index (Phi) is 5.75. The maximum Gasteiger partial charge on any atom is 0.0439 e. The normalized spacial score (nSPS) is 12.4. The molecule has 0 N–H and O–H groups in total. The highest BCUT2D eigenvalue weighted by Crippen LogP contribution is 2.29. The molecule has 0 aliphatic carbocycles. The van der Waals surface area contributed by atoms with E-state index in [9.17, 15) is 0 Å². The van der Waals surface area contributed by atoms with Gasteiger partial charge in [0, 0.05) is 14.9 Å². The summed E-state index contributed by atoms with van der Waals surface area (Å²) in [7, 11) is 0. The monoisotopic (exact) mass is 356 g/mol. The molecule has 1 atom stereocenters. The molecule has 100 valence electrons. The van der Waals surface area contributed by atoms with Gasteiger partial charge in [-0.15, -0.1) is 0 Å². The summed E-state index contributed by atoms with van der Waals surface area (Å²) >= 11 is 15.9. The van der Waals surface area contributed by atoms with Gasteiger partial charge >= 0.3 is 0 Å². The second-order valence-corrected chi connectivity index (χ2v) is 6.46. The standard InChI is InChI=1S/C16H15BrCl2/c17-15(12-5-2-1-3-6-12)8-4-7-13-11-14(18)9-10-16(13)19/h1-3,5-6,9-11,15H,4,7-8H2. The summed E-state index contributed by atoms with van der Waals surface area (Å²) in [4.78, 5) is 0.395. The lowest BCUT2D eigenvalue weighted by Crippen LogP contribution is -1.93. The Bertz CT molecular complexity index is 526. The predicted molar refractivity (Wildman–Crippen MR) is 87.5 cm³/mol. The van der Waals surface area contributed by atoms with Crippen molar-refractivity contribution in [1.82, 2.24) is 0 Å². The highest BCUT2D eigenvalue weighted by Gasteiger charge is 2.07. The molecule has 0 radical (unpaired) electrons. The molecule has 2 aromatic rings. The van der Waals surface area contributed by atoms with Crippen molar-refractivity contribution >= 4 is 39.1 Å². The van der Waals surface area contributed by atoms with E-state index in [2.05, 4.69) is 40.2 Å². The Morgan fingerprint density at radius 3 is 2.47 bits per heavy atom. The first-order chi connectivity index (χ1) is 9.16. The van der Waals surface area contributed by atoms with Crippen LogP contribution in [0.4, 0.5) is 0 Å². The van der Waals surface area contributed by atoms with Crippen LogP contribution in [0.5, 0.6) is 0 Å².